The van der Waals surface area contributed by atoms with Gasteiger partial charge in [0.1, 0.15) is 5.75 Å². The molecule has 1 aromatic rings. The van der Waals surface area contributed by atoms with Crippen molar-refractivity contribution >= 4 is 23.6 Å². The van der Waals surface area contributed by atoms with Gasteiger partial charge in [-0.25, -0.2) is 4.99 Å². The van der Waals surface area contributed by atoms with Gasteiger partial charge in [-0.2, -0.15) is 0 Å². The predicted octanol–water partition coefficient (Wildman–Crippen LogP) is 2.97. The average molecular weight is 227 g/mol. The zero-order chi connectivity index (χ0) is 11.4. The number of hydrogen-bond donors (Lipinski definition) is 1. The van der Waals surface area contributed by atoms with Gasteiger partial charge in [-0.3, -0.25) is 0 Å². The van der Waals surface area contributed by atoms with Crippen LogP contribution in [0.2, 0.25) is 5.02 Å². The van der Waals surface area contributed by atoms with E-state index in [4.69, 9.17) is 11.6 Å². The minimum absolute atomic E-state index is 0.0944. The van der Waals surface area contributed by atoms with E-state index in [2.05, 4.69) is 4.99 Å². The van der Waals surface area contributed by atoms with E-state index in [0.29, 0.717) is 5.02 Å². The number of aromatic hydroxyl groups is 1. The van der Waals surface area contributed by atoms with Gasteiger partial charge in [0.25, 0.3) is 0 Å². The van der Waals surface area contributed by atoms with Crippen LogP contribution in [0.4, 0.5) is 5.69 Å². The number of halogens is 1. The van der Waals surface area contributed by atoms with E-state index in [1.54, 1.807) is 18.5 Å². The lowest BCUT2D eigenvalue weighted by molar-refractivity contribution is 0.475. The number of aliphatic imine (C=N–C) groups is 1. The van der Waals surface area contributed by atoms with Crippen LogP contribution in [-0.4, -0.2) is 29.9 Å². The molecule has 0 spiro atoms. The third kappa shape index (κ3) is 3.13. The number of phenols is 1. The van der Waals surface area contributed by atoms with Crippen molar-refractivity contribution in [3.63, 3.8) is 0 Å². The van der Waals surface area contributed by atoms with E-state index in [-0.39, 0.29) is 5.75 Å². The van der Waals surface area contributed by atoms with Gasteiger partial charge in [0.15, 0.2) is 0 Å². The second kappa shape index (κ2) is 5.03. The molecule has 3 nitrogen and oxygen atoms in total. The van der Waals surface area contributed by atoms with Gasteiger partial charge < -0.3 is 10.0 Å². The Labute approximate surface area is 95.0 Å². The molecule has 0 radical (unpaired) electrons. The van der Waals surface area contributed by atoms with Crippen molar-refractivity contribution in [1.82, 2.24) is 4.90 Å². The summed E-state index contributed by atoms with van der Waals surface area (Å²) >= 11 is 5.80. The van der Waals surface area contributed by atoms with Gasteiger partial charge in [0.05, 0.1) is 17.0 Å². The summed E-state index contributed by atoms with van der Waals surface area (Å²) in [6.45, 7) is 4.83. The fourth-order valence-corrected chi connectivity index (χ4v) is 1.20. The first kappa shape index (κ1) is 11.9. The molecule has 0 bridgehead atoms. The highest BCUT2D eigenvalue weighted by Gasteiger charge is 2.03. The summed E-state index contributed by atoms with van der Waals surface area (Å²) in [5.41, 5.74) is 1.68. The SMILES string of the molecule is CCN(C)C=Nc1cc(Cl)c(O)cc1C. The predicted molar refractivity (Wildman–Crippen MR) is 64.3 cm³/mol. The van der Waals surface area contributed by atoms with Crippen LogP contribution in [0.15, 0.2) is 17.1 Å². The number of nitrogens with zero attached hydrogens (tertiary/aromatic N) is 2. The van der Waals surface area contributed by atoms with E-state index >= 15 is 0 Å². The number of rotatable bonds is 3. The molecule has 0 unspecified atom stereocenters. The second-order valence-electron chi connectivity index (χ2n) is 3.41. The van der Waals surface area contributed by atoms with Crippen molar-refractivity contribution < 1.29 is 5.11 Å². The number of hydrogen-bond acceptors (Lipinski definition) is 2. The average Bonchev–Trinajstić information content (AvgIpc) is 2.21. The molecular formula is C11H15ClN2O. The number of benzene rings is 1. The van der Waals surface area contributed by atoms with Crippen LogP contribution in [-0.2, 0) is 0 Å². The van der Waals surface area contributed by atoms with Gasteiger partial charge >= 0.3 is 0 Å². The molecule has 0 saturated heterocycles. The smallest absolute Gasteiger partial charge is 0.134 e. The highest BCUT2D eigenvalue weighted by Crippen LogP contribution is 2.31. The summed E-state index contributed by atoms with van der Waals surface area (Å²) in [5, 5.41) is 9.68. The van der Waals surface area contributed by atoms with Gasteiger partial charge in [0, 0.05) is 13.6 Å². The molecule has 82 valence electrons. The third-order valence-corrected chi connectivity index (χ3v) is 2.46. The Kier molecular flexibility index (Phi) is 3.97. The maximum Gasteiger partial charge on any atom is 0.134 e. The molecule has 0 aliphatic heterocycles. The number of phenolic OH excluding ortho intramolecular Hbond substituents is 1. The quantitative estimate of drug-likeness (QED) is 0.636. The summed E-state index contributed by atoms with van der Waals surface area (Å²) in [7, 11) is 1.95. The van der Waals surface area contributed by atoms with Crippen LogP contribution in [0.3, 0.4) is 0 Å². The lowest BCUT2D eigenvalue weighted by Gasteiger charge is -2.09. The second-order valence-corrected chi connectivity index (χ2v) is 3.82. The molecule has 0 heterocycles. The van der Waals surface area contributed by atoms with Gasteiger partial charge in [-0.1, -0.05) is 11.6 Å². The van der Waals surface area contributed by atoms with Crippen molar-refractivity contribution in [2.75, 3.05) is 13.6 Å². The molecule has 1 aromatic carbocycles. The van der Waals surface area contributed by atoms with Crippen LogP contribution >= 0.6 is 11.6 Å². The minimum atomic E-state index is 0.0944. The molecule has 0 amide bonds. The molecule has 0 atom stereocenters. The van der Waals surface area contributed by atoms with Crippen molar-refractivity contribution in [2.24, 2.45) is 4.99 Å². The van der Waals surface area contributed by atoms with Crippen molar-refractivity contribution in [1.29, 1.82) is 0 Å². The van der Waals surface area contributed by atoms with Crippen LogP contribution in [0, 0.1) is 6.92 Å². The molecule has 0 fully saturated rings. The Balaban J connectivity index is 2.95. The van der Waals surface area contributed by atoms with Crippen LogP contribution in [0.5, 0.6) is 5.75 Å². The molecule has 0 aromatic heterocycles. The zero-order valence-electron chi connectivity index (χ0n) is 9.16. The Hall–Kier alpha value is -1.22. The van der Waals surface area contributed by atoms with E-state index < -0.39 is 0 Å². The highest BCUT2D eigenvalue weighted by atomic mass is 35.5. The van der Waals surface area contributed by atoms with Crippen LogP contribution < -0.4 is 0 Å². The molecule has 0 saturated carbocycles. The van der Waals surface area contributed by atoms with Crippen molar-refractivity contribution in [3.8, 4) is 5.75 Å². The fourth-order valence-electron chi connectivity index (χ4n) is 1.04. The molecule has 1 rings (SSSR count). The Morgan fingerprint density at radius 3 is 2.80 bits per heavy atom. The summed E-state index contributed by atoms with van der Waals surface area (Å²) < 4.78 is 0. The minimum Gasteiger partial charge on any atom is -0.506 e. The van der Waals surface area contributed by atoms with E-state index in [0.717, 1.165) is 17.8 Å². The molecule has 1 N–H and O–H groups in total. The van der Waals surface area contributed by atoms with Crippen molar-refractivity contribution in [2.45, 2.75) is 13.8 Å². The van der Waals surface area contributed by atoms with Crippen molar-refractivity contribution in [3.05, 3.63) is 22.7 Å². The lowest BCUT2D eigenvalue weighted by Crippen LogP contribution is -2.14. The molecule has 0 aliphatic carbocycles. The zero-order valence-corrected chi connectivity index (χ0v) is 9.91. The Morgan fingerprint density at radius 1 is 1.53 bits per heavy atom. The van der Waals surface area contributed by atoms with E-state index in [1.165, 1.54) is 0 Å². The van der Waals surface area contributed by atoms with Crippen LogP contribution in [0.1, 0.15) is 12.5 Å². The topological polar surface area (TPSA) is 35.8 Å². The standard InChI is InChI=1S/C11H15ClN2O/c1-4-14(3)7-13-10-6-9(12)11(15)5-8(10)2/h5-7,15H,4H2,1-3H3. The molecule has 15 heavy (non-hydrogen) atoms. The van der Waals surface area contributed by atoms with Gasteiger partial charge in [0.2, 0.25) is 0 Å². The summed E-state index contributed by atoms with van der Waals surface area (Å²) in [6.07, 6.45) is 1.75. The fraction of sp³-hybridized carbons (Fsp3) is 0.364. The lowest BCUT2D eigenvalue weighted by atomic mass is 10.2. The Bertz CT molecular complexity index is 377. The monoisotopic (exact) mass is 226 g/mol. The summed E-state index contributed by atoms with van der Waals surface area (Å²) in [6, 6.07) is 3.27. The summed E-state index contributed by atoms with van der Waals surface area (Å²) in [4.78, 5) is 6.24. The van der Waals surface area contributed by atoms with Gasteiger partial charge in [-0.05, 0) is 31.5 Å². The normalized spacial score (nSPS) is 10.9. The molecular weight excluding hydrogens is 212 g/mol. The maximum absolute atomic E-state index is 9.35. The largest absolute Gasteiger partial charge is 0.506 e. The van der Waals surface area contributed by atoms with E-state index in [1.807, 2.05) is 25.8 Å². The first-order chi connectivity index (χ1) is 7.04. The van der Waals surface area contributed by atoms with Gasteiger partial charge in [-0.15, -0.1) is 0 Å². The van der Waals surface area contributed by atoms with E-state index in [9.17, 15) is 5.11 Å². The maximum atomic E-state index is 9.35. The molecule has 0 aliphatic rings. The first-order valence-corrected chi connectivity index (χ1v) is 5.16. The molecule has 4 heteroatoms. The Morgan fingerprint density at radius 2 is 2.20 bits per heavy atom. The third-order valence-electron chi connectivity index (χ3n) is 2.16. The number of aryl methyl sites for hydroxylation is 1. The summed E-state index contributed by atoms with van der Waals surface area (Å²) in [5.74, 6) is 0.0944. The van der Waals surface area contributed by atoms with Crippen LogP contribution in [0.25, 0.3) is 0 Å². The first-order valence-electron chi connectivity index (χ1n) is 4.78. The highest BCUT2D eigenvalue weighted by molar-refractivity contribution is 6.32.